The highest BCUT2D eigenvalue weighted by Crippen LogP contribution is 2.44. The van der Waals surface area contributed by atoms with Crippen molar-refractivity contribution >= 4 is 48.8 Å². The van der Waals surface area contributed by atoms with Gasteiger partial charge in [-0.05, 0) is 34.6 Å². The summed E-state index contributed by atoms with van der Waals surface area (Å²) in [5, 5.41) is 15.6. The van der Waals surface area contributed by atoms with Crippen molar-refractivity contribution in [3.8, 4) is 0 Å². The van der Waals surface area contributed by atoms with Crippen molar-refractivity contribution in [2.45, 2.75) is 66.0 Å². The fourth-order valence-corrected chi connectivity index (χ4v) is 3.41. The molecule has 0 aliphatic rings. The number of hydrogen-bond acceptors (Lipinski definition) is 15. The van der Waals surface area contributed by atoms with E-state index >= 15 is 0 Å². The quantitative estimate of drug-likeness (QED) is 0.108. The second-order valence-corrected chi connectivity index (χ2v) is 10.3. The summed E-state index contributed by atoms with van der Waals surface area (Å²) < 4.78 is 43.1. The molecule has 0 aliphatic heterocycles. The van der Waals surface area contributed by atoms with Crippen molar-refractivity contribution in [2.75, 3.05) is 12.1 Å². The number of carbonyl (C=O) groups is 4. The van der Waals surface area contributed by atoms with E-state index in [0.717, 1.165) is 0 Å². The average Bonchev–Trinajstić information content (AvgIpc) is 3.24. The number of carboxylic acids is 2. The van der Waals surface area contributed by atoms with E-state index in [0.29, 0.717) is 23.3 Å². The molecule has 2 aromatic heterocycles. The van der Waals surface area contributed by atoms with Gasteiger partial charge in [0.15, 0.2) is 11.5 Å². The molecule has 0 saturated carbocycles. The van der Waals surface area contributed by atoms with E-state index < -0.39 is 63.0 Å². The van der Waals surface area contributed by atoms with Crippen molar-refractivity contribution in [3.05, 3.63) is 24.8 Å². The SMILES string of the molecule is CC(C)OC(=O)OC(OC(=O)OC(C)C)OP(=O)(O)COC(C)Cn1cnc2c(N)ncnc21.O=C(O)/C=C/C(=O)O. The largest absolute Gasteiger partial charge is 0.513 e. The first-order valence-corrected chi connectivity index (χ1v) is 13.7. The van der Waals surface area contributed by atoms with Crippen molar-refractivity contribution in [1.82, 2.24) is 19.5 Å². The van der Waals surface area contributed by atoms with Crippen LogP contribution in [0.5, 0.6) is 0 Å². The van der Waals surface area contributed by atoms with Crippen LogP contribution in [0.2, 0.25) is 0 Å². The Labute approximate surface area is 238 Å². The summed E-state index contributed by atoms with van der Waals surface area (Å²) in [6.07, 6.45) is -1.28. The van der Waals surface area contributed by atoms with E-state index in [1.54, 1.807) is 39.2 Å². The van der Waals surface area contributed by atoms with Gasteiger partial charge in [0.2, 0.25) is 0 Å². The number of nitrogens with zero attached hydrogens (tertiary/aromatic N) is 4. The number of carboxylic acid groups (broad SMARTS) is 2. The molecular weight excluding hydrogens is 589 g/mol. The summed E-state index contributed by atoms with van der Waals surface area (Å²) in [5.41, 5.74) is 6.62. The van der Waals surface area contributed by atoms with Gasteiger partial charge in [-0.15, -0.1) is 0 Å². The normalized spacial score (nSPS) is 13.4. The molecule has 0 amide bonds. The van der Waals surface area contributed by atoms with E-state index in [4.69, 9.17) is 34.7 Å². The molecule has 19 nitrogen and oxygen atoms in total. The van der Waals surface area contributed by atoms with Gasteiger partial charge in [0, 0.05) is 12.2 Å². The number of aliphatic carboxylic acids is 2. The Morgan fingerprint density at radius 2 is 1.45 bits per heavy atom. The predicted octanol–water partition coefficient (Wildman–Crippen LogP) is 2.09. The van der Waals surface area contributed by atoms with Crippen molar-refractivity contribution < 1.29 is 67.1 Å². The molecule has 20 heteroatoms. The highest BCUT2D eigenvalue weighted by atomic mass is 31.2. The van der Waals surface area contributed by atoms with Crippen LogP contribution in [0, 0.1) is 0 Å². The predicted molar refractivity (Wildman–Crippen MR) is 140 cm³/mol. The van der Waals surface area contributed by atoms with E-state index in [1.165, 1.54) is 12.7 Å². The van der Waals surface area contributed by atoms with Gasteiger partial charge in [0.1, 0.15) is 18.2 Å². The number of hydrogen-bond donors (Lipinski definition) is 4. The van der Waals surface area contributed by atoms with Gasteiger partial charge in [-0.3, -0.25) is 4.57 Å². The molecule has 0 fully saturated rings. The van der Waals surface area contributed by atoms with Crippen LogP contribution < -0.4 is 5.73 Å². The minimum Gasteiger partial charge on any atom is -0.478 e. The Kier molecular flexibility index (Phi) is 14.3. The zero-order chi connectivity index (χ0) is 32.0. The number of rotatable bonds is 13. The van der Waals surface area contributed by atoms with Gasteiger partial charge < -0.3 is 49.1 Å². The summed E-state index contributed by atoms with van der Waals surface area (Å²) in [4.78, 5) is 64.8. The van der Waals surface area contributed by atoms with Crippen molar-refractivity contribution in [1.29, 1.82) is 0 Å². The van der Waals surface area contributed by atoms with Gasteiger partial charge >= 0.3 is 38.3 Å². The molecule has 2 heterocycles. The Morgan fingerprint density at radius 3 is 1.93 bits per heavy atom. The molecule has 2 unspecified atom stereocenters. The van der Waals surface area contributed by atoms with E-state index in [9.17, 15) is 28.6 Å². The fraction of sp³-hybridized carbons (Fsp3) is 0.500. The molecule has 0 aliphatic carbocycles. The third-order valence-electron chi connectivity index (χ3n) is 4.07. The number of carbonyl (C=O) groups excluding carboxylic acids is 2. The number of anilines is 1. The third kappa shape index (κ3) is 14.4. The third-order valence-corrected chi connectivity index (χ3v) is 5.05. The van der Waals surface area contributed by atoms with E-state index in [2.05, 4.69) is 24.4 Å². The van der Waals surface area contributed by atoms with Crippen LogP contribution in [0.25, 0.3) is 11.2 Å². The lowest BCUT2D eigenvalue weighted by atomic mass is 10.4. The van der Waals surface area contributed by atoms with Crippen LogP contribution in [0.1, 0.15) is 34.6 Å². The first-order valence-electron chi connectivity index (χ1n) is 11.9. The maximum Gasteiger partial charge on any atom is 0.513 e. The summed E-state index contributed by atoms with van der Waals surface area (Å²) in [6, 6.07) is 0. The highest BCUT2D eigenvalue weighted by molar-refractivity contribution is 7.52. The maximum absolute atomic E-state index is 12.5. The molecule has 0 aromatic carbocycles. The van der Waals surface area contributed by atoms with Crippen molar-refractivity contribution in [3.63, 3.8) is 0 Å². The van der Waals surface area contributed by atoms with Crippen LogP contribution in [0.4, 0.5) is 15.4 Å². The van der Waals surface area contributed by atoms with Crippen LogP contribution in [-0.2, 0) is 48.9 Å². The molecule has 0 saturated heterocycles. The first-order chi connectivity index (χ1) is 19.5. The summed E-state index contributed by atoms with van der Waals surface area (Å²) in [7, 11) is -4.59. The van der Waals surface area contributed by atoms with E-state index in [1.807, 2.05) is 0 Å². The molecular formula is C22H32N5O14P. The fourth-order valence-electron chi connectivity index (χ4n) is 2.56. The maximum atomic E-state index is 12.5. The monoisotopic (exact) mass is 621 g/mol. The Hall–Kier alpha value is -4.32. The number of imidazole rings is 1. The van der Waals surface area contributed by atoms with Gasteiger partial charge in [-0.2, -0.15) is 0 Å². The molecule has 42 heavy (non-hydrogen) atoms. The van der Waals surface area contributed by atoms with Gasteiger partial charge in [-0.1, -0.05) is 0 Å². The zero-order valence-corrected chi connectivity index (χ0v) is 24.1. The van der Waals surface area contributed by atoms with Gasteiger partial charge in [0.25, 0.3) is 0 Å². The summed E-state index contributed by atoms with van der Waals surface area (Å²) in [6.45, 7) is 5.78. The molecule has 2 atom stereocenters. The Morgan fingerprint density at radius 1 is 0.929 bits per heavy atom. The van der Waals surface area contributed by atoms with E-state index in [-0.39, 0.29) is 12.4 Å². The molecule has 0 bridgehead atoms. The Balaban J connectivity index is 0.000000962. The minimum atomic E-state index is -4.59. The first kappa shape index (κ1) is 35.7. The molecule has 0 radical (unpaired) electrons. The molecule has 2 aromatic rings. The van der Waals surface area contributed by atoms with Crippen LogP contribution >= 0.6 is 7.60 Å². The minimum absolute atomic E-state index is 0.199. The standard InChI is InChI=1S/C18H28N5O10P.C4H4O4/c1-10(2)29-16(24)31-18(32-17(25)30-11(3)4)33-34(26,27)9-28-12(5)6-23-8-22-13-14(19)20-7-21-15(13)23;5-3(6)1-2-4(7)8/h7-8,10-12,18H,6,9H2,1-5H3,(H,26,27)(H2,19,20,21);1-2H,(H,5,6)(H,7,8)/b;2-1+. The van der Waals surface area contributed by atoms with Crippen LogP contribution in [0.15, 0.2) is 24.8 Å². The zero-order valence-electron chi connectivity index (χ0n) is 23.2. The topological polar surface area (TPSA) is 271 Å². The smallest absolute Gasteiger partial charge is 0.478 e. The molecule has 0 spiro atoms. The lowest BCUT2D eigenvalue weighted by Gasteiger charge is -2.22. The second-order valence-electron chi connectivity index (χ2n) is 8.54. The lowest BCUT2D eigenvalue weighted by molar-refractivity contribution is -0.209. The molecule has 2 rings (SSSR count). The van der Waals surface area contributed by atoms with Crippen LogP contribution in [0.3, 0.4) is 0 Å². The number of aromatic nitrogens is 4. The Bertz CT molecular complexity index is 1260. The lowest BCUT2D eigenvalue weighted by Crippen LogP contribution is -2.30. The van der Waals surface area contributed by atoms with Gasteiger partial charge in [-0.25, -0.2) is 38.7 Å². The highest BCUT2D eigenvalue weighted by Gasteiger charge is 2.33. The number of ether oxygens (including phenoxy) is 5. The number of nitrogen functional groups attached to an aromatic ring is 1. The van der Waals surface area contributed by atoms with Crippen LogP contribution in [-0.4, -0.2) is 90.0 Å². The van der Waals surface area contributed by atoms with Crippen molar-refractivity contribution in [2.24, 2.45) is 0 Å². The van der Waals surface area contributed by atoms with Gasteiger partial charge in [0.05, 0.1) is 31.2 Å². The average molecular weight is 621 g/mol. The second kappa shape index (κ2) is 16.8. The number of nitrogens with two attached hydrogens (primary N) is 1. The molecule has 5 N–H and O–H groups in total. The number of fused-ring (bicyclic) bond motifs is 1. The molecule has 234 valence electrons. The summed E-state index contributed by atoms with van der Waals surface area (Å²) >= 11 is 0. The summed E-state index contributed by atoms with van der Waals surface area (Å²) in [5.74, 6) is -2.30.